The van der Waals surface area contributed by atoms with Gasteiger partial charge in [-0.15, -0.1) is 0 Å². The van der Waals surface area contributed by atoms with Gasteiger partial charge in [0.05, 0.1) is 17.2 Å². The zero-order valence-corrected chi connectivity index (χ0v) is 12.5. The summed E-state index contributed by atoms with van der Waals surface area (Å²) in [4.78, 5) is 24.6. The average molecular weight is 291 g/mol. The van der Waals surface area contributed by atoms with E-state index in [1.165, 1.54) is 18.6 Å². The van der Waals surface area contributed by atoms with Crippen LogP contribution in [0.2, 0.25) is 0 Å². The van der Waals surface area contributed by atoms with Gasteiger partial charge < -0.3 is 5.32 Å². The van der Waals surface area contributed by atoms with Gasteiger partial charge in [-0.1, -0.05) is 12.5 Å². The number of nitro groups is 1. The molecule has 0 aliphatic carbocycles. The number of rotatable bonds is 4. The second-order valence-corrected chi connectivity index (χ2v) is 5.62. The summed E-state index contributed by atoms with van der Waals surface area (Å²) in [7, 11) is 0. The van der Waals surface area contributed by atoms with Crippen LogP contribution in [-0.4, -0.2) is 34.9 Å². The van der Waals surface area contributed by atoms with E-state index in [0.717, 1.165) is 24.9 Å². The van der Waals surface area contributed by atoms with Crippen molar-refractivity contribution in [3.05, 3.63) is 33.9 Å². The third-order valence-corrected chi connectivity index (χ3v) is 3.99. The van der Waals surface area contributed by atoms with Crippen molar-refractivity contribution in [2.24, 2.45) is 0 Å². The highest BCUT2D eigenvalue weighted by molar-refractivity contribution is 5.93. The van der Waals surface area contributed by atoms with E-state index < -0.39 is 4.92 Å². The summed E-state index contributed by atoms with van der Waals surface area (Å²) in [5.74, 6) is -0.118. The molecule has 21 heavy (non-hydrogen) atoms. The summed E-state index contributed by atoms with van der Waals surface area (Å²) in [6.45, 7) is 5.22. The molecule has 1 N–H and O–H groups in total. The van der Waals surface area contributed by atoms with Gasteiger partial charge in [0.25, 0.3) is 5.69 Å². The monoisotopic (exact) mass is 291 g/mol. The number of nitro benzene ring substituents is 1. The molecule has 0 unspecified atom stereocenters. The van der Waals surface area contributed by atoms with Crippen molar-refractivity contribution < 1.29 is 9.72 Å². The molecule has 114 valence electrons. The first kappa shape index (κ1) is 15.4. The maximum Gasteiger partial charge on any atom is 0.271 e. The molecule has 0 spiro atoms. The zero-order valence-electron chi connectivity index (χ0n) is 12.5. The number of carbonyl (C=O) groups excluding carboxylic acids is 1. The Morgan fingerprint density at radius 3 is 2.90 bits per heavy atom. The molecular formula is C15H21N3O3. The van der Waals surface area contributed by atoms with E-state index in [-0.39, 0.29) is 11.6 Å². The van der Waals surface area contributed by atoms with E-state index in [4.69, 9.17) is 0 Å². The molecule has 1 heterocycles. The lowest BCUT2D eigenvalue weighted by Crippen LogP contribution is -2.42. The number of nitrogens with zero attached hydrogens (tertiary/aromatic N) is 2. The minimum Gasteiger partial charge on any atom is -0.324 e. The van der Waals surface area contributed by atoms with Crippen LogP contribution < -0.4 is 5.32 Å². The first-order valence-corrected chi connectivity index (χ1v) is 7.26. The maximum atomic E-state index is 12.1. The van der Waals surface area contributed by atoms with Gasteiger partial charge in [-0.05, 0) is 38.8 Å². The molecule has 0 saturated carbocycles. The fraction of sp³-hybridized carbons (Fsp3) is 0.533. The van der Waals surface area contributed by atoms with Crippen LogP contribution in [0.3, 0.4) is 0 Å². The van der Waals surface area contributed by atoms with Crippen LogP contribution in [0.5, 0.6) is 0 Å². The molecule has 1 aliphatic heterocycles. The van der Waals surface area contributed by atoms with Gasteiger partial charge in [0, 0.05) is 18.2 Å². The number of carbonyl (C=O) groups is 1. The van der Waals surface area contributed by atoms with Crippen molar-refractivity contribution in [1.82, 2.24) is 4.90 Å². The van der Waals surface area contributed by atoms with Crippen molar-refractivity contribution in [1.29, 1.82) is 0 Å². The van der Waals surface area contributed by atoms with Crippen molar-refractivity contribution in [3.8, 4) is 0 Å². The smallest absolute Gasteiger partial charge is 0.271 e. The van der Waals surface area contributed by atoms with E-state index in [0.29, 0.717) is 18.3 Å². The van der Waals surface area contributed by atoms with E-state index in [1.807, 2.05) is 6.92 Å². The molecule has 1 fully saturated rings. The molecule has 2 rings (SSSR count). The number of non-ortho nitro benzene ring substituents is 1. The largest absolute Gasteiger partial charge is 0.324 e. The molecule has 0 aromatic heterocycles. The summed E-state index contributed by atoms with van der Waals surface area (Å²) in [5.41, 5.74) is 1.32. The van der Waals surface area contributed by atoms with Crippen LogP contribution in [0.4, 0.5) is 11.4 Å². The Morgan fingerprint density at radius 1 is 1.48 bits per heavy atom. The lowest BCUT2D eigenvalue weighted by molar-refractivity contribution is -0.384. The average Bonchev–Trinajstić information content (AvgIpc) is 2.43. The Balaban J connectivity index is 2.02. The van der Waals surface area contributed by atoms with Gasteiger partial charge in [0.1, 0.15) is 0 Å². The summed E-state index contributed by atoms with van der Waals surface area (Å²) in [5, 5.41) is 13.6. The van der Waals surface area contributed by atoms with E-state index in [2.05, 4.69) is 17.1 Å². The minimum atomic E-state index is -0.457. The van der Waals surface area contributed by atoms with Gasteiger partial charge in [0.2, 0.25) is 5.91 Å². The Labute approximate surface area is 124 Å². The Kier molecular flexibility index (Phi) is 4.90. The number of anilines is 1. The van der Waals surface area contributed by atoms with Crippen LogP contribution in [-0.2, 0) is 4.79 Å². The number of hydrogen-bond donors (Lipinski definition) is 1. The number of likely N-dealkylation sites (tertiary alicyclic amines) is 1. The molecule has 1 amide bonds. The quantitative estimate of drug-likeness (QED) is 0.683. The molecular weight excluding hydrogens is 270 g/mol. The maximum absolute atomic E-state index is 12.1. The molecule has 0 radical (unpaired) electrons. The van der Waals surface area contributed by atoms with Crippen molar-refractivity contribution in [3.63, 3.8) is 0 Å². The summed E-state index contributed by atoms with van der Waals surface area (Å²) < 4.78 is 0. The lowest BCUT2D eigenvalue weighted by atomic mass is 10.0. The number of aryl methyl sites for hydroxylation is 1. The highest BCUT2D eigenvalue weighted by atomic mass is 16.6. The van der Waals surface area contributed by atoms with Gasteiger partial charge in [-0.2, -0.15) is 0 Å². The summed E-state index contributed by atoms with van der Waals surface area (Å²) in [6, 6.07) is 4.91. The molecule has 1 aromatic rings. The third kappa shape index (κ3) is 4.01. The summed E-state index contributed by atoms with van der Waals surface area (Å²) >= 11 is 0. The number of nitrogens with one attached hydrogen (secondary N) is 1. The van der Waals surface area contributed by atoms with Crippen LogP contribution in [0.15, 0.2) is 18.2 Å². The standard InChI is InChI=1S/C15H21N3O3/c1-11-6-7-13(18(20)21)9-14(11)16-15(19)10-17-8-4-3-5-12(17)2/h6-7,9,12H,3-5,8,10H2,1-2H3,(H,16,19)/t12-/m1/s1. The molecule has 1 atom stereocenters. The Morgan fingerprint density at radius 2 is 2.24 bits per heavy atom. The van der Waals surface area contributed by atoms with Gasteiger partial charge in [-0.25, -0.2) is 0 Å². The van der Waals surface area contributed by atoms with E-state index in [1.54, 1.807) is 6.07 Å². The van der Waals surface area contributed by atoms with Gasteiger partial charge >= 0.3 is 0 Å². The Bertz CT molecular complexity index is 545. The van der Waals surface area contributed by atoms with Crippen LogP contribution in [0.1, 0.15) is 31.7 Å². The number of amides is 1. The molecule has 1 aromatic carbocycles. The summed E-state index contributed by atoms with van der Waals surface area (Å²) in [6.07, 6.45) is 3.44. The van der Waals surface area contributed by atoms with Gasteiger partial charge in [0.15, 0.2) is 0 Å². The fourth-order valence-corrected chi connectivity index (χ4v) is 2.62. The second kappa shape index (κ2) is 6.67. The normalized spacial score (nSPS) is 19.2. The van der Waals surface area contributed by atoms with Crippen LogP contribution >= 0.6 is 0 Å². The fourth-order valence-electron chi connectivity index (χ4n) is 2.62. The second-order valence-electron chi connectivity index (χ2n) is 5.62. The SMILES string of the molecule is Cc1ccc([N+](=O)[O-])cc1NC(=O)CN1CCCC[C@H]1C. The van der Waals surface area contributed by atoms with E-state index in [9.17, 15) is 14.9 Å². The van der Waals surface area contributed by atoms with Crippen LogP contribution in [0, 0.1) is 17.0 Å². The molecule has 6 nitrogen and oxygen atoms in total. The van der Waals surface area contributed by atoms with Gasteiger partial charge in [-0.3, -0.25) is 19.8 Å². The molecule has 0 bridgehead atoms. The predicted octanol–water partition coefficient (Wildman–Crippen LogP) is 2.72. The minimum absolute atomic E-state index is 0.0118. The van der Waals surface area contributed by atoms with Crippen LogP contribution in [0.25, 0.3) is 0 Å². The first-order valence-electron chi connectivity index (χ1n) is 7.26. The topological polar surface area (TPSA) is 75.5 Å². The predicted molar refractivity (Wildman–Crippen MR) is 81.3 cm³/mol. The van der Waals surface area contributed by atoms with E-state index >= 15 is 0 Å². The number of piperidine rings is 1. The number of hydrogen-bond acceptors (Lipinski definition) is 4. The zero-order chi connectivity index (χ0) is 15.4. The van der Waals surface area contributed by atoms with Crippen molar-refractivity contribution in [2.75, 3.05) is 18.4 Å². The number of benzene rings is 1. The third-order valence-electron chi connectivity index (χ3n) is 3.99. The molecule has 1 saturated heterocycles. The van der Waals surface area contributed by atoms with Crippen molar-refractivity contribution >= 4 is 17.3 Å². The molecule has 1 aliphatic rings. The van der Waals surface area contributed by atoms with Crippen molar-refractivity contribution in [2.45, 2.75) is 39.2 Å². The Hall–Kier alpha value is -1.95. The highest BCUT2D eigenvalue weighted by Crippen LogP contribution is 2.22. The lowest BCUT2D eigenvalue weighted by Gasteiger charge is -2.32. The highest BCUT2D eigenvalue weighted by Gasteiger charge is 2.21. The first-order chi connectivity index (χ1) is 9.97. The molecule has 6 heteroatoms.